The van der Waals surface area contributed by atoms with Crippen LogP contribution in [0.3, 0.4) is 0 Å². The Balaban J connectivity index is 1.93. The van der Waals surface area contributed by atoms with Crippen molar-refractivity contribution in [1.29, 1.82) is 0 Å². The highest BCUT2D eigenvalue weighted by Crippen LogP contribution is 2.29. The number of allylic oxidation sites excluding steroid dienone is 1. The van der Waals surface area contributed by atoms with Crippen molar-refractivity contribution in [3.05, 3.63) is 11.3 Å². The highest BCUT2D eigenvalue weighted by Gasteiger charge is 2.34. The summed E-state index contributed by atoms with van der Waals surface area (Å²) in [5, 5.41) is 0. The summed E-state index contributed by atoms with van der Waals surface area (Å²) in [6.45, 7) is 6.67. The quantitative estimate of drug-likeness (QED) is 0.724. The maximum absolute atomic E-state index is 11.9. The maximum Gasteiger partial charge on any atom is 0.340 e. The summed E-state index contributed by atoms with van der Waals surface area (Å²) in [6, 6.07) is 0. The van der Waals surface area contributed by atoms with Crippen molar-refractivity contribution in [3.63, 3.8) is 0 Å². The van der Waals surface area contributed by atoms with Crippen LogP contribution in [0.1, 0.15) is 40.0 Å². The van der Waals surface area contributed by atoms with Crippen LogP contribution >= 0.6 is 0 Å². The number of carbonyl (C=O) groups excluding carboxylic acids is 1. The molecule has 2 heterocycles. The van der Waals surface area contributed by atoms with E-state index in [1.807, 2.05) is 0 Å². The second kappa shape index (κ2) is 5.28. The Morgan fingerprint density at radius 1 is 1.22 bits per heavy atom. The minimum absolute atomic E-state index is 0.221. The molecule has 18 heavy (non-hydrogen) atoms. The van der Waals surface area contributed by atoms with Crippen LogP contribution in [0.5, 0.6) is 0 Å². The molecular formula is C13H20O5. The summed E-state index contributed by atoms with van der Waals surface area (Å²) < 4.78 is 21.6. The van der Waals surface area contributed by atoms with Crippen LogP contribution < -0.4 is 0 Å². The van der Waals surface area contributed by atoms with Crippen LogP contribution in [0.2, 0.25) is 0 Å². The molecule has 0 bridgehead atoms. The molecule has 0 N–H and O–H groups in total. The Hall–Kier alpha value is -1.07. The molecule has 2 aliphatic rings. The molecule has 0 aromatic heterocycles. The van der Waals surface area contributed by atoms with Crippen LogP contribution in [0.4, 0.5) is 0 Å². The van der Waals surface area contributed by atoms with Crippen molar-refractivity contribution in [2.45, 2.75) is 52.1 Å². The monoisotopic (exact) mass is 256 g/mol. The van der Waals surface area contributed by atoms with E-state index >= 15 is 0 Å². The van der Waals surface area contributed by atoms with Gasteiger partial charge in [0.2, 0.25) is 5.79 Å². The maximum atomic E-state index is 11.9. The first-order valence-electron chi connectivity index (χ1n) is 6.33. The molecule has 0 aromatic rings. The number of rotatable bonds is 3. The third-order valence-corrected chi connectivity index (χ3v) is 2.93. The fourth-order valence-corrected chi connectivity index (χ4v) is 2.12. The van der Waals surface area contributed by atoms with Crippen molar-refractivity contribution in [2.75, 3.05) is 13.2 Å². The summed E-state index contributed by atoms with van der Waals surface area (Å²) in [7, 11) is 0. The zero-order chi connectivity index (χ0) is 13.2. The summed E-state index contributed by atoms with van der Waals surface area (Å²) in [6.07, 6.45) is 1.90. The lowest BCUT2D eigenvalue weighted by molar-refractivity contribution is -0.208. The Kier molecular flexibility index (Phi) is 3.92. The minimum Gasteiger partial charge on any atom is -0.457 e. The molecular weight excluding hydrogens is 236 g/mol. The average Bonchev–Trinajstić information content (AvgIpc) is 2.27. The van der Waals surface area contributed by atoms with Crippen LogP contribution in [-0.4, -0.2) is 31.3 Å². The lowest BCUT2D eigenvalue weighted by Gasteiger charge is -2.32. The van der Waals surface area contributed by atoms with E-state index in [4.69, 9.17) is 18.9 Å². The third kappa shape index (κ3) is 3.23. The zero-order valence-corrected chi connectivity index (χ0v) is 11.2. The molecule has 5 heteroatoms. The van der Waals surface area contributed by atoms with Gasteiger partial charge in [-0.1, -0.05) is 0 Å². The number of ether oxygens (including phenoxy) is 4. The molecule has 0 amide bonds. The summed E-state index contributed by atoms with van der Waals surface area (Å²) >= 11 is 0. The van der Waals surface area contributed by atoms with Gasteiger partial charge in [-0.05, 0) is 19.8 Å². The highest BCUT2D eigenvalue weighted by atomic mass is 16.7. The summed E-state index contributed by atoms with van der Waals surface area (Å²) in [4.78, 5) is 11.9. The minimum atomic E-state index is -0.873. The third-order valence-electron chi connectivity index (χ3n) is 2.93. The van der Waals surface area contributed by atoms with Gasteiger partial charge < -0.3 is 18.9 Å². The topological polar surface area (TPSA) is 54.0 Å². The van der Waals surface area contributed by atoms with Gasteiger partial charge in [-0.15, -0.1) is 0 Å². The van der Waals surface area contributed by atoms with Gasteiger partial charge >= 0.3 is 5.97 Å². The van der Waals surface area contributed by atoms with Gasteiger partial charge in [-0.25, -0.2) is 4.79 Å². The molecule has 0 atom stereocenters. The molecule has 2 aliphatic heterocycles. The van der Waals surface area contributed by atoms with E-state index in [-0.39, 0.29) is 12.3 Å². The van der Waals surface area contributed by atoms with Crippen molar-refractivity contribution in [3.8, 4) is 0 Å². The standard InChI is InChI=1S/C13H20O5/c1-9-10(12(14)18-13(2,3)17-9)5-6-11-15-7-4-8-16-11/h11H,4-8H2,1-3H3. The molecule has 0 unspecified atom stereocenters. The first kappa shape index (κ1) is 13.4. The normalized spacial score (nSPS) is 24.7. The fraction of sp³-hybridized carbons (Fsp3) is 0.769. The number of hydrogen-bond acceptors (Lipinski definition) is 5. The van der Waals surface area contributed by atoms with Crippen LogP contribution in [0.15, 0.2) is 11.3 Å². The molecule has 0 radical (unpaired) electrons. The van der Waals surface area contributed by atoms with Crippen molar-refractivity contribution in [2.24, 2.45) is 0 Å². The van der Waals surface area contributed by atoms with Crippen LogP contribution in [0, 0.1) is 0 Å². The molecule has 0 aromatic carbocycles. The highest BCUT2D eigenvalue weighted by molar-refractivity contribution is 5.89. The Labute approximate surface area is 107 Å². The Bertz CT molecular complexity index is 352. The van der Waals surface area contributed by atoms with E-state index in [0.717, 1.165) is 19.6 Å². The summed E-state index contributed by atoms with van der Waals surface area (Å²) in [5.41, 5.74) is 0.576. The van der Waals surface area contributed by atoms with E-state index in [9.17, 15) is 4.79 Å². The Morgan fingerprint density at radius 2 is 1.89 bits per heavy atom. The number of cyclic esters (lactones) is 1. The molecule has 5 nitrogen and oxygen atoms in total. The smallest absolute Gasteiger partial charge is 0.340 e. The lowest BCUT2D eigenvalue weighted by Crippen LogP contribution is -2.36. The van der Waals surface area contributed by atoms with Gasteiger partial charge in [-0.3, -0.25) is 0 Å². The van der Waals surface area contributed by atoms with Gasteiger partial charge in [0.1, 0.15) is 5.76 Å². The second-order valence-corrected chi connectivity index (χ2v) is 4.99. The average molecular weight is 256 g/mol. The molecule has 0 aliphatic carbocycles. The number of esters is 1. The predicted octanol–water partition coefficient (Wildman–Crippen LogP) is 2.11. The predicted molar refractivity (Wildman–Crippen MR) is 63.5 cm³/mol. The van der Waals surface area contributed by atoms with Crippen molar-refractivity contribution >= 4 is 5.97 Å². The van der Waals surface area contributed by atoms with E-state index in [2.05, 4.69) is 0 Å². The van der Waals surface area contributed by atoms with Crippen LogP contribution in [0.25, 0.3) is 0 Å². The molecule has 1 fully saturated rings. The van der Waals surface area contributed by atoms with Crippen molar-refractivity contribution < 1.29 is 23.7 Å². The van der Waals surface area contributed by atoms with Gasteiger partial charge in [0.25, 0.3) is 0 Å². The fourth-order valence-electron chi connectivity index (χ4n) is 2.12. The lowest BCUT2D eigenvalue weighted by atomic mass is 10.1. The first-order chi connectivity index (χ1) is 8.48. The molecule has 1 saturated heterocycles. The molecule has 2 rings (SSSR count). The number of hydrogen-bond donors (Lipinski definition) is 0. The number of carbonyl (C=O) groups is 1. The second-order valence-electron chi connectivity index (χ2n) is 4.99. The molecule has 102 valence electrons. The van der Waals surface area contributed by atoms with E-state index in [1.54, 1.807) is 20.8 Å². The SMILES string of the molecule is CC1=C(CCC2OCCCO2)C(=O)OC(C)(C)O1. The van der Waals surface area contributed by atoms with Gasteiger partial charge in [-0.2, -0.15) is 0 Å². The molecule has 0 saturated carbocycles. The molecule has 0 spiro atoms. The summed E-state index contributed by atoms with van der Waals surface area (Å²) in [5.74, 6) is -0.547. The first-order valence-corrected chi connectivity index (χ1v) is 6.33. The van der Waals surface area contributed by atoms with E-state index in [0.29, 0.717) is 24.2 Å². The van der Waals surface area contributed by atoms with Gasteiger partial charge in [0, 0.05) is 20.3 Å². The van der Waals surface area contributed by atoms with Gasteiger partial charge in [0.05, 0.1) is 18.8 Å². The largest absolute Gasteiger partial charge is 0.457 e. The van der Waals surface area contributed by atoms with Gasteiger partial charge in [0.15, 0.2) is 6.29 Å². The van der Waals surface area contributed by atoms with E-state index < -0.39 is 5.79 Å². The van der Waals surface area contributed by atoms with E-state index in [1.165, 1.54) is 0 Å². The van der Waals surface area contributed by atoms with Crippen molar-refractivity contribution in [1.82, 2.24) is 0 Å². The Morgan fingerprint density at radius 3 is 2.50 bits per heavy atom. The van der Waals surface area contributed by atoms with Crippen LogP contribution in [-0.2, 0) is 23.7 Å². The zero-order valence-electron chi connectivity index (χ0n) is 11.2.